The van der Waals surface area contributed by atoms with Gasteiger partial charge in [0, 0.05) is 95.3 Å². The fourth-order valence-corrected chi connectivity index (χ4v) is 15.5. The van der Waals surface area contributed by atoms with Gasteiger partial charge in [0.05, 0.1) is 52.9 Å². The molecular formula is C96H156N2O8Si8. The van der Waals surface area contributed by atoms with Gasteiger partial charge in [-0.15, -0.1) is 0 Å². The monoisotopic (exact) mass is 1690 g/mol. The molecule has 0 atom stereocenters. The standard InChI is InChI=1S/C96H156N2O8Si8/c1-89(2,3)107(29,30)99-69-79(81(71-101-109(33,34)91(7,8)9)53-47-49-55-83(73-103-111(37,38)93(13,14)15)85(75-105-113(41,42)95(19,20)21)63-57-77-59-65-87(66-60-77)97(25)26)51-45-46-52-80(70-100-108(31,32)90(4,5)6)82(72-102-110(35,36)92(10,11)12)54-48-50-56-84(74-104-112(39,40)94(16,17)18)86(76-106-114(43,44)96(22,23)24)64-58-78-61-67-88(68-62-78)98(27)28/h59-62,65-68H,69-76H2,1-44H3/b81-79+,82-80+,85-83+,86-84+. The third-order valence-electron chi connectivity index (χ3n) is 25.5. The summed E-state index contributed by atoms with van der Waals surface area (Å²) in [6.45, 7) is 92.2. The van der Waals surface area contributed by atoms with Crippen LogP contribution in [-0.2, 0) is 35.4 Å². The molecule has 0 unspecified atom stereocenters. The zero-order valence-corrected chi connectivity index (χ0v) is 88.4. The van der Waals surface area contributed by atoms with E-state index in [1.54, 1.807) is 0 Å². The predicted molar refractivity (Wildman–Crippen MR) is 515 cm³/mol. The van der Waals surface area contributed by atoms with Crippen LogP contribution >= 0.6 is 0 Å². The molecule has 0 radical (unpaired) electrons. The van der Waals surface area contributed by atoms with E-state index in [2.05, 4.69) is 424 Å². The topological polar surface area (TPSA) is 80.3 Å². The van der Waals surface area contributed by atoms with Crippen LogP contribution in [0, 0.1) is 94.7 Å². The van der Waals surface area contributed by atoms with Crippen LogP contribution in [0.15, 0.2) is 93.1 Å². The molecule has 0 aliphatic heterocycles. The van der Waals surface area contributed by atoms with Crippen molar-refractivity contribution < 1.29 is 35.4 Å². The van der Waals surface area contributed by atoms with Crippen LogP contribution in [0.5, 0.6) is 0 Å². The molecule has 0 spiro atoms. The first-order chi connectivity index (χ1) is 51.3. The van der Waals surface area contributed by atoms with E-state index in [4.69, 9.17) is 35.4 Å². The molecule has 0 aliphatic rings. The Hall–Kier alpha value is -5.10. The van der Waals surface area contributed by atoms with Crippen LogP contribution in [-0.4, -0.2) is 148 Å². The molecule has 0 N–H and O–H groups in total. The summed E-state index contributed by atoms with van der Waals surface area (Å²) in [5, 5.41) is -0.629. The van der Waals surface area contributed by atoms with Crippen molar-refractivity contribution in [1.82, 2.24) is 0 Å². The van der Waals surface area contributed by atoms with Crippen LogP contribution in [0.25, 0.3) is 0 Å². The molecular weight excluding hydrogens is 1530 g/mol. The van der Waals surface area contributed by atoms with Crippen molar-refractivity contribution >= 4 is 77.9 Å². The highest BCUT2D eigenvalue weighted by Crippen LogP contribution is 2.44. The average Bonchev–Trinajstić information content (AvgIpc) is 0.822. The maximum absolute atomic E-state index is 7.14. The third-order valence-corrected chi connectivity index (χ3v) is 61.3. The van der Waals surface area contributed by atoms with Crippen molar-refractivity contribution in [2.24, 2.45) is 0 Å². The second-order valence-corrected chi connectivity index (χ2v) is 81.6. The third kappa shape index (κ3) is 33.2. The van der Waals surface area contributed by atoms with E-state index < -0.39 is 66.5 Å². The maximum Gasteiger partial charge on any atom is 0.192 e. The number of hydrogen-bond acceptors (Lipinski definition) is 10. The second-order valence-electron chi connectivity index (χ2n) is 43.1. The van der Waals surface area contributed by atoms with Crippen molar-refractivity contribution in [2.75, 3.05) is 90.8 Å². The van der Waals surface area contributed by atoms with Gasteiger partial charge in [0.2, 0.25) is 0 Å². The molecule has 114 heavy (non-hydrogen) atoms. The van der Waals surface area contributed by atoms with Crippen LogP contribution in [0.2, 0.25) is 145 Å². The maximum atomic E-state index is 7.14. The molecule has 630 valence electrons. The SMILES string of the molecule is CN(C)c1ccc(C#C/C(CO[Si](C)(C)C(C)(C)C)=C(/C#CC#C/C(CO[Si](C)(C)C(C)(C)C)=C(/C#CC#C/C(CO[Si](C)(C)C(C)(C)C)=C(/C#CC#C/C(CO[Si](C)(C)C(C)(C)C)=C(/C#Cc2ccc(N(C)C)cc2)CO[Si](C)(C)C(C)(C)C)CO[Si](C)(C)C(C)(C)C)CO[Si](C)(C)C(C)(C)C)CO[Si](C)(C)C(C)(C)C)cc1. The minimum Gasteiger partial charge on any atom is -0.412 e. The van der Waals surface area contributed by atoms with Gasteiger partial charge in [-0.3, -0.25) is 0 Å². The summed E-state index contributed by atoms with van der Waals surface area (Å²) in [6, 6.07) is 16.6. The van der Waals surface area contributed by atoms with Gasteiger partial charge in [0.15, 0.2) is 66.5 Å². The molecule has 0 aromatic heterocycles. The molecule has 2 aromatic rings. The molecule has 2 aromatic carbocycles. The second kappa shape index (κ2) is 41.2. The van der Waals surface area contributed by atoms with Crippen molar-refractivity contribution in [3.8, 4) is 94.7 Å². The van der Waals surface area contributed by atoms with Gasteiger partial charge >= 0.3 is 0 Å². The molecule has 2 rings (SSSR count). The summed E-state index contributed by atoms with van der Waals surface area (Å²) in [6.07, 6.45) is 0. The molecule has 18 heteroatoms. The van der Waals surface area contributed by atoms with E-state index in [1.807, 2.05) is 28.2 Å². The van der Waals surface area contributed by atoms with Gasteiger partial charge in [0.25, 0.3) is 0 Å². The first-order valence-corrected chi connectivity index (χ1v) is 64.2. The fourth-order valence-electron chi connectivity index (χ4n) is 7.96. The first kappa shape index (κ1) is 105. The molecule has 10 nitrogen and oxygen atoms in total. The molecule has 0 heterocycles. The highest BCUT2D eigenvalue weighted by molar-refractivity contribution is 6.77. The average molecular weight is 1690 g/mol. The number of rotatable bonds is 26. The van der Waals surface area contributed by atoms with Crippen LogP contribution in [0.3, 0.4) is 0 Å². The van der Waals surface area contributed by atoms with Gasteiger partial charge in [-0.25, -0.2) is 0 Å². The Morgan fingerprint density at radius 1 is 0.219 bits per heavy atom. The highest BCUT2D eigenvalue weighted by atomic mass is 28.4. The lowest BCUT2D eigenvalue weighted by Crippen LogP contribution is -2.42. The van der Waals surface area contributed by atoms with E-state index in [1.165, 1.54) is 0 Å². The Kier molecular flexibility index (Phi) is 38.0. The summed E-state index contributed by atoms with van der Waals surface area (Å²) in [7, 11) is -10.6. The first-order valence-electron chi connectivity index (χ1n) is 40.9. The Morgan fingerprint density at radius 2 is 0.342 bits per heavy atom. The van der Waals surface area contributed by atoms with Gasteiger partial charge in [-0.2, -0.15) is 0 Å². The lowest BCUT2D eigenvalue weighted by atomic mass is 10.1. The summed E-state index contributed by atoms with van der Waals surface area (Å²) in [5.41, 5.74) is 9.71. The molecule has 0 amide bonds. The zero-order chi connectivity index (χ0) is 88.4. The Balaban J connectivity index is 3.64. The summed E-state index contributed by atoms with van der Waals surface area (Å²) >= 11 is 0. The number of hydrogen-bond donors (Lipinski definition) is 0. The van der Waals surface area contributed by atoms with Crippen molar-refractivity contribution in [2.45, 2.75) is 311 Å². The molecule has 0 saturated heterocycles. The minimum absolute atomic E-state index is 0.0431. The highest BCUT2D eigenvalue weighted by Gasteiger charge is 2.44. The normalized spacial score (nSPS) is 14.2. The minimum atomic E-state index is -2.40. The summed E-state index contributed by atoms with van der Waals surface area (Å²) in [4.78, 5) is 4.17. The van der Waals surface area contributed by atoms with Crippen LogP contribution in [0.4, 0.5) is 11.4 Å². The Bertz CT molecular complexity index is 4000. The van der Waals surface area contributed by atoms with E-state index in [-0.39, 0.29) is 93.2 Å². The lowest BCUT2D eigenvalue weighted by Gasteiger charge is -2.37. The summed E-state index contributed by atoms with van der Waals surface area (Å²) in [5.74, 6) is 55.5. The number of nitrogens with zero attached hydrogens (tertiary/aromatic N) is 2. The Morgan fingerprint density at radius 3 is 0.456 bits per heavy atom. The van der Waals surface area contributed by atoms with Crippen LogP contribution < -0.4 is 9.80 Å². The van der Waals surface area contributed by atoms with Crippen molar-refractivity contribution in [3.05, 3.63) is 104 Å². The number of benzene rings is 2. The zero-order valence-electron chi connectivity index (χ0n) is 80.4. The molecule has 0 bridgehead atoms. The molecule has 0 fully saturated rings. The largest absolute Gasteiger partial charge is 0.412 e. The van der Waals surface area contributed by atoms with Crippen molar-refractivity contribution in [3.63, 3.8) is 0 Å². The number of anilines is 2. The van der Waals surface area contributed by atoms with Crippen LogP contribution in [0.1, 0.15) is 177 Å². The van der Waals surface area contributed by atoms with E-state index in [9.17, 15) is 0 Å². The summed E-state index contributed by atoms with van der Waals surface area (Å²) < 4.78 is 56.6. The van der Waals surface area contributed by atoms with Gasteiger partial charge in [-0.1, -0.05) is 225 Å². The predicted octanol–water partition coefficient (Wildman–Crippen LogP) is 24.6. The fraction of sp³-hybridized carbons (Fsp3) is 0.625. The quantitative estimate of drug-likeness (QED) is 0.0671. The van der Waals surface area contributed by atoms with E-state index in [0.29, 0.717) is 22.3 Å². The van der Waals surface area contributed by atoms with Gasteiger partial charge in [0.1, 0.15) is 0 Å². The lowest BCUT2D eigenvalue weighted by molar-refractivity contribution is 0.308. The van der Waals surface area contributed by atoms with Crippen molar-refractivity contribution in [1.29, 1.82) is 0 Å². The molecule has 0 aliphatic carbocycles. The van der Waals surface area contributed by atoms with E-state index >= 15 is 0 Å². The van der Waals surface area contributed by atoms with E-state index in [0.717, 1.165) is 44.8 Å². The molecule has 0 saturated carbocycles. The van der Waals surface area contributed by atoms with Gasteiger partial charge < -0.3 is 45.2 Å². The Labute approximate surface area is 709 Å². The van der Waals surface area contributed by atoms with Gasteiger partial charge in [-0.05, 0) is 229 Å². The smallest absolute Gasteiger partial charge is 0.192 e.